The fourth-order valence-electron chi connectivity index (χ4n) is 1.83. The van der Waals surface area contributed by atoms with Crippen molar-refractivity contribution in [1.29, 1.82) is 0 Å². The van der Waals surface area contributed by atoms with Crippen LogP contribution in [0.5, 0.6) is 0 Å². The Morgan fingerprint density at radius 1 is 1.30 bits per heavy atom. The van der Waals surface area contributed by atoms with Gasteiger partial charge in [0, 0.05) is 7.05 Å². The van der Waals surface area contributed by atoms with Crippen LogP contribution in [0.1, 0.15) is 10.6 Å². The first-order chi connectivity index (χ1) is 9.58. The lowest BCUT2D eigenvalue weighted by atomic mass is 10.3. The number of rotatable bonds is 1. The molecule has 0 aliphatic carbocycles. The summed E-state index contributed by atoms with van der Waals surface area (Å²) in [5, 5.41) is 1.15. The van der Waals surface area contributed by atoms with E-state index in [2.05, 4.69) is 4.99 Å². The Balaban J connectivity index is 2.23. The molecule has 0 unspecified atom stereocenters. The van der Waals surface area contributed by atoms with Gasteiger partial charge in [0.15, 0.2) is 10.6 Å². The van der Waals surface area contributed by atoms with Crippen LogP contribution in [-0.4, -0.2) is 10.5 Å². The van der Waals surface area contributed by atoms with Crippen LogP contribution in [0.15, 0.2) is 39.9 Å². The van der Waals surface area contributed by atoms with Crippen LogP contribution < -0.4 is 4.80 Å². The fraction of sp³-hybridized carbons (Fsp3) is 0.0769. The van der Waals surface area contributed by atoms with E-state index < -0.39 is 5.91 Å². The van der Waals surface area contributed by atoms with Gasteiger partial charge in [0.25, 0.3) is 0 Å². The molecule has 0 bridgehead atoms. The molecule has 0 spiro atoms. The van der Waals surface area contributed by atoms with Crippen molar-refractivity contribution >= 4 is 50.7 Å². The molecule has 1 aromatic carbocycles. The number of halogens is 2. The number of thiazole rings is 1. The van der Waals surface area contributed by atoms with Gasteiger partial charge in [-0.05, 0) is 24.3 Å². The molecule has 0 radical (unpaired) electrons. The smallest absolute Gasteiger partial charge is 0.315 e. The Kier molecular flexibility index (Phi) is 3.41. The number of aromatic nitrogens is 1. The molecule has 0 aliphatic heterocycles. The van der Waals surface area contributed by atoms with Crippen molar-refractivity contribution in [3.8, 4) is 0 Å². The number of nitrogens with zero attached hydrogens (tertiary/aromatic N) is 2. The molecule has 0 fully saturated rings. The van der Waals surface area contributed by atoms with Gasteiger partial charge in [-0.2, -0.15) is 4.99 Å². The van der Waals surface area contributed by atoms with Crippen LogP contribution in [0.2, 0.25) is 10.0 Å². The number of carbonyl (C=O) groups excluding carboxylic acids is 1. The second-order valence-corrected chi connectivity index (χ2v) is 5.84. The molecule has 4 nitrogen and oxygen atoms in total. The van der Waals surface area contributed by atoms with Crippen LogP contribution in [0.3, 0.4) is 0 Å². The van der Waals surface area contributed by atoms with Crippen molar-refractivity contribution in [3.05, 3.63) is 51.1 Å². The molecule has 7 heteroatoms. The van der Waals surface area contributed by atoms with E-state index in [-0.39, 0.29) is 5.76 Å². The van der Waals surface area contributed by atoms with E-state index in [1.165, 1.54) is 17.6 Å². The maximum Gasteiger partial charge on any atom is 0.315 e. The highest BCUT2D eigenvalue weighted by molar-refractivity contribution is 7.17. The maximum atomic E-state index is 11.9. The number of amides is 1. The molecule has 0 aliphatic rings. The molecule has 3 rings (SSSR count). The average Bonchev–Trinajstić information content (AvgIpc) is 3.04. The summed E-state index contributed by atoms with van der Waals surface area (Å²) in [6.07, 6.45) is 1.43. The topological polar surface area (TPSA) is 47.5 Å². The molecule has 3 aromatic rings. The Labute approximate surface area is 127 Å². The lowest BCUT2D eigenvalue weighted by Crippen LogP contribution is -2.13. The third-order valence-electron chi connectivity index (χ3n) is 2.78. The van der Waals surface area contributed by atoms with Crippen molar-refractivity contribution in [3.63, 3.8) is 0 Å². The molecule has 0 N–H and O–H groups in total. The molecule has 102 valence electrons. The predicted octanol–water partition coefficient (Wildman–Crippen LogP) is 3.88. The van der Waals surface area contributed by atoms with Crippen molar-refractivity contribution < 1.29 is 9.21 Å². The second kappa shape index (κ2) is 5.09. The van der Waals surface area contributed by atoms with Crippen LogP contribution in [0.25, 0.3) is 10.2 Å². The normalized spacial score (nSPS) is 12.2. The maximum absolute atomic E-state index is 11.9. The monoisotopic (exact) mass is 326 g/mol. The fourth-order valence-corrected chi connectivity index (χ4v) is 3.48. The summed E-state index contributed by atoms with van der Waals surface area (Å²) in [6, 6.07) is 6.65. The molecule has 20 heavy (non-hydrogen) atoms. The zero-order valence-electron chi connectivity index (χ0n) is 10.3. The van der Waals surface area contributed by atoms with Crippen LogP contribution in [0, 0.1) is 0 Å². The van der Waals surface area contributed by atoms with E-state index in [1.807, 2.05) is 0 Å². The van der Waals surface area contributed by atoms with Gasteiger partial charge in [0.1, 0.15) is 0 Å². The summed E-state index contributed by atoms with van der Waals surface area (Å²) in [6.45, 7) is 0. The quantitative estimate of drug-likeness (QED) is 0.681. The third-order valence-corrected chi connectivity index (χ3v) is 4.68. The largest absolute Gasteiger partial charge is 0.459 e. The van der Waals surface area contributed by atoms with Gasteiger partial charge < -0.3 is 8.98 Å². The Hall–Kier alpha value is -1.56. The average molecular weight is 327 g/mol. The van der Waals surface area contributed by atoms with Crippen molar-refractivity contribution in [2.45, 2.75) is 0 Å². The zero-order chi connectivity index (χ0) is 14.3. The summed E-state index contributed by atoms with van der Waals surface area (Å²) >= 11 is 13.6. The van der Waals surface area contributed by atoms with E-state index in [4.69, 9.17) is 27.6 Å². The standard InChI is InChI=1S/C13H8Cl2N2O2S/c1-17-10-7(14)4-5-8(15)11(10)20-13(17)16-12(18)9-3-2-6-19-9/h2-6H,1H3. The molecule has 0 saturated carbocycles. The first-order valence-corrected chi connectivity index (χ1v) is 7.21. The number of carbonyl (C=O) groups is 1. The third kappa shape index (κ3) is 2.18. The first kappa shape index (κ1) is 13.4. The molecule has 2 aromatic heterocycles. The Morgan fingerprint density at radius 3 is 2.70 bits per heavy atom. The Morgan fingerprint density at radius 2 is 2.05 bits per heavy atom. The van der Waals surface area contributed by atoms with Gasteiger partial charge in [-0.25, -0.2) is 0 Å². The van der Waals surface area contributed by atoms with E-state index >= 15 is 0 Å². The number of furan rings is 1. The number of aryl methyl sites for hydroxylation is 1. The molecule has 1 amide bonds. The summed E-state index contributed by atoms with van der Waals surface area (Å²) in [5.41, 5.74) is 0.759. The zero-order valence-corrected chi connectivity index (χ0v) is 12.6. The highest BCUT2D eigenvalue weighted by Gasteiger charge is 2.12. The molecule has 0 saturated heterocycles. The summed E-state index contributed by atoms with van der Waals surface area (Å²) in [5.74, 6) is -0.246. The van der Waals surface area contributed by atoms with Crippen LogP contribution >= 0.6 is 34.5 Å². The highest BCUT2D eigenvalue weighted by atomic mass is 35.5. The molecular formula is C13H8Cl2N2O2S. The minimum atomic E-state index is -0.440. The molecular weight excluding hydrogens is 319 g/mol. The first-order valence-electron chi connectivity index (χ1n) is 5.64. The van der Waals surface area contributed by atoms with Crippen LogP contribution in [-0.2, 0) is 7.05 Å². The lowest BCUT2D eigenvalue weighted by Gasteiger charge is -1.99. The lowest BCUT2D eigenvalue weighted by molar-refractivity contribution is 0.0971. The summed E-state index contributed by atoms with van der Waals surface area (Å²) in [7, 11) is 1.79. The van der Waals surface area contributed by atoms with Gasteiger partial charge in [-0.1, -0.05) is 34.5 Å². The van der Waals surface area contributed by atoms with Crippen molar-refractivity contribution in [1.82, 2.24) is 4.57 Å². The minimum absolute atomic E-state index is 0.194. The minimum Gasteiger partial charge on any atom is -0.459 e. The number of benzene rings is 1. The van der Waals surface area contributed by atoms with Gasteiger partial charge in [0.2, 0.25) is 0 Å². The van der Waals surface area contributed by atoms with E-state index in [1.54, 1.807) is 35.9 Å². The van der Waals surface area contributed by atoms with Gasteiger partial charge in [-0.15, -0.1) is 0 Å². The van der Waals surface area contributed by atoms with Crippen LogP contribution in [0.4, 0.5) is 0 Å². The molecule has 0 atom stereocenters. The summed E-state index contributed by atoms with van der Waals surface area (Å²) in [4.78, 5) is 16.5. The van der Waals surface area contributed by atoms with E-state index in [9.17, 15) is 4.79 Å². The van der Waals surface area contributed by atoms with E-state index in [0.29, 0.717) is 14.8 Å². The van der Waals surface area contributed by atoms with Crippen molar-refractivity contribution in [2.75, 3.05) is 0 Å². The molecule has 2 heterocycles. The predicted molar refractivity (Wildman–Crippen MR) is 79.4 cm³/mol. The highest BCUT2D eigenvalue weighted by Crippen LogP contribution is 2.31. The van der Waals surface area contributed by atoms with Gasteiger partial charge in [-0.3, -0.25) is 4.79 Å². The second-order valence-electron chi connectivity index (χ2n) is 4.04. The van der Waals surface area contributed by atoms with Gasteiger partial charge in [0.05, 0.1) is 26.5 Å². The number of hydrogen-bond acceptors (Lipinski definition) is 3. The van der Waals surface area contributed by atoms with E-state index in [0.717, 1.165) is 10.2 Å². The summed E-state index contributed by atoms with van der Waals surface area (Å²) < 4.78 is 7.57. The number of fused-ring (bicyclic) bond motifs is 1. The Bertz CT molecular complexity index is 863. The number of hydrogen-bond donors (Lipinski definition) is 0. The van der Waals surface area contributed by atoms with Crippen molar-refractivity contribution in [2.24, 2.45) is 12.0 Å². The SMILES string of the molecule is Cn1c(=NC(=O)c2ccco2)sc2c(Cl)ccc(Cl)c21. The van der Waals surface area contributed by atoms with Gasteiger partial charge >= 0.3 is 5.91 Å².